The van der Waals surface area contributed by atoms with Crippen molar-refractivity contribution in [1.29, 1.82) is 0 Å². The van der Waals surface area contributed by atoms with Crippen molar-refractivity contribution >= 4 is 11.6 Å². The number of rotatable bonds is 4. The first-order chi connectivity index (χ1) is 9.26. The number of pyridine rings is 1. The van der Waals surface area contributed by atoms with Gasteiger partial charge in [0.25, 0.3) is 5.91 Å². The Hall–Kier alpha value is -1.62. The molecule has 0 radical (unpaired) electrons. The minimum Gasteiger partial charge on any atom is -0.383 e. The number of carbonyl (C=O) groups is 1. The van der Waals surface area contributed by atoms with Crippen molar-refractivity contribution < 1.29 is 9.53 Å². The Labute approximate surface area is 114 Å². The van der Waals surface area contributed by atoms with Crippen LogP contribution in [0.2, 0.25) is 0 Å². The maximum atomic E-state index is 12.5. The Morgan fingerprint density at radius 3 is 2.89 bits per heavy atom. The Kier molecular flexibility index (Phi) is 4.74. The first-order valence-corrected chi connectivity index (χ1v) is 6.76. The van der Waals surface area contributed by atoms with Crippen molar-refractivity contribution in [3.05, 3.63) is 24.0 Å². The minimum absolute atomic E-state index is 0.0768. The first-order valence-electron chi connectivity index (χ1n) is 6.76. The van der Waals surface area contributed by atoms with Gasteiger partial charge in [0.05, 0.1) is 23.6 Å². The standard InChI is InChI=1S/C14H21N3O2/c1-3-16-13-10-15-7-4-12(13)14(18)17-8-5-11(19-2)6-9-17/h4,7,10-11,16H,3,5-6,8-9H2,1-2H3. The van der Waals surface area contributed by atoms with E-state index in [2.05, 4.69) is 10.3 Å². The van der Waals surface area contributed by atoms with Crippen molar-refractivity contribution in [3.8, 4) is 0 Å². The highest BCUT2D eigenvalue weighted by molar-refractivity contribution is 5.99. The smallest absolute Gasteiger partial charge is 0.256 e. The molecule has 19 heavy (non-hydrogen) atoms. The van der Waals surface area contributed by atoms with Gasteiger partial charge < -0.3 is 15.0 Å². The Balaban J connectivity index is 2.07. The highest BCUT2D eigenvalue weighted by atomic mass is 16.5. The molecule has 0 aliphatic carbocycles. The number of methoxy groups -OCH3 is 1. The summed E-state index contributed by atoms with van der Waals surface area (Å²) in [5.41, 5.74) is 1.51. The molecule has 1 amide bonds. The number of amides is 1. The molecule has 0 bridgehead atoms. The number of aromatic nitrogens is 1. The summed E-state index contributed by atoms with van der Waals surface area (Å²) in [5.74, 6) is 0.0768. The van der Waals surface area contributed by atoms with Crippen LogP contribution in [0.4, 0.5) is 5.69 Å². The Morgan fingerprint density at radius 1 is 1.53 bits per heavy atom. The van der Waals surface area contributed by atoms with E-state index in [1.54, 1.807) is 25.6 Å². The number of hydrogen-bond donors (Lipinski definition) is 1. The quantitative estimate of drug-likeness (QED) is 0.899. The van der Waals surface area contributed by atoms with Gasteiger partial charge in [-0.3, -0.25) is 9.78 Å². The molecule has 1 aliphatic rings. The van der Waals surface area contributed by atoms with E-state index in [9.17, 15) is 4.79 Å². The Bertz CT molecular complexity index is 428. The second-order valence-corrected chi connectivity index (χ2v) is 4.68. The van der Waals surface area contributed by atoms with Crippen molar-refractivity contribution in [3.63, 3.8) is 0 Å². The minimum atomic E-state index is 0.0768. The number of carbonyl (C=O) groups excluding carboxylic acids is 1. The highest BCUT2D eigenvalue weighted by Crippen LogP contribution is 2.19. The zero-order chi connectivity index (χ0) is 13.7. The number of nitrogens with zero attached hydrogens (tertiary/aromatic N) is 2. The van der Waals surface area contributed by atoms with Crippen molar-refractivity contribution in [2.24, 2.45) is 0 Å². The summed E-state index contributed by atoms with van der Waals surface area (Å²) in [6.45, 7) is 4.29. The molecule has 1 saturated heterocycles. The summed E-state index contributed by atoms with van der Waals surface area (Å²) in [7, 11) is 1.73. The summed E-state index contributed by atoms with van der Waals surface area (Å²) in [5, 5.41) is 3.18. The largest absolute Gasteiger partial charge is 0.383 e. The number of anilines is 1. The highest BCUT2D eigenvalue weighted by Gasteiger charge is 2.24. The van der Waals surface area contributed by atoms with Crippen LogP contribution in [0.25, 0.3) is 0 Å². The first kappa shape index (κ1) is 13.8. The molecule has 1 fully saturated rings. The molecular formula is C14H21N3O2. The molecule has 0 unspecified atom stereocenters. The van der Waals surface area contributed by atoms with Crippen molar-refractivity contribution in [2.45, 2.75) is 25.9 Å². The monoisotopic (exact) mass is 263 g/mol. The van der Waals surface area contributed by atoms with Crippen LogP contribution < -0.4 is 5.32 Å². The average Bonchev–Trinajstić information content (AvgIpc) is 2.47. The predicted octanol–water partition coefficient (Wildman–Crippen LogP) is 1.76. The topological polar surface area (TPSA) is 54.5 Å². The summed E-state index contributed by atoms with van der Waals surface area (Å²) in [6.07, 6.45) is 5.47. The molecule has 0 saturated carbocycles. The zero-order valence-corrected chi connectivity index (χ0v) is 11.6. The maximum absolute atomic E-state index is 12.5. The van der Waals surface area contributed by atoms with Crippen LogP contribution >= 0.6 is 0 Å². The van der Waals surface area contributed by atoms with E-state index < -0.39 is 0 Å². The average molecular weight is 263 g/mol. The third-order valence-corrected chi connectivity index (χ3v) is 3.48. The molecule has 0 aromatic carbocycles. The van der Waals surface area contributed by atoms with Crippen molar-refractivity contribution in [1.82, 2.24) is 9.88 Å². The van der Waals surface area contributed by atoms with Crippen LogP contribution in [-0.4, -0.2) is 48.6 Å². The van der Waals surface area contributed by atoms with Crippen LogP contribution in [0.5, 0.6) is 0 Å². The van der Waals surface area contributed by atoms with E-state index >= 15 is 0 Å². The summed E-state index contributed by atoms with van der Waals surface area (Å²) in [6, 6.07) is 1.78. The van der Waals surface area contributed by atoms with E-state index in [0.29, 0.717) is 5.56 Å². The Morgan fingerprint density at radius 2 is 2.26 bits per heavy atom. The lowest BCUT2D eigenvalue weighted by Gasteiger charge is -2.31. The SMILES string of the molecule is CCNc1cnccc1C(=O)N1CCC(OC)CC1. The lowest BCUT2D eigenvalue weighted by atomic mass is 10.1. The normalized spacial score (nSPS) is 16.4. The van der Waals surface area contributed by atoms with Crippen molar-refractivity contribution in [2.75, 3.05) is 32.1 Å². The molecule has 1 aliphatic heterocycles. The number of piperidine rings is 1. The van der Waals surface area contributed by atoms with E-state index in [1.807, 2.05) is 11.8 Å². The molecule has 104 valence electrons. The number of likely N-dealkylation sites (tertiary alicyclic amines) is 1. The molecular weight excluding hydrogens is 242 g/mol. The van der Waals surface area contributed by atoms with Gasteiger partial charge in [0.15, 0.2) is 0 Å². The van der Waals surface area contributed by atoms with Crippen LogP contribution in [0.15, 0.2) is 18.5 Å². The fourth-order valence-electron chi connectivity index (χ4n) is 2.38. The lowest BCUT2D eigenvalue weighted by molar-refractivity contribution is 0.0351. The van der Waals surface area contributed by atoms with E-state index in [4.69, 9.17) is 4.74 Å². The molecule has 1 N–H and O–H groups in total. The molecule has 1 aromatic heterocycles. The zero-order valence-electron chi connectivity index (χ0n) is 11.6. The molecule has 5 nitrogen and oxygen atoms in total. The van der Waals surface area contributed by atoms with Gasteiger partial charge in [-0.1, -0.05) is 0 Å². The van der Waals surface area contributed by atoms with Gasteiger partial charge in [0.2, 0.25) is 0 Å². The number of nitrogens with one attached hydrogen (secondary N) is 1. The fourth-order valence-corrected chi connectivity index (χ4v) is 2.38. The van der Waals surface area contributed by atoms with Crippen LogP contribution in [0.3, 0.4) is 0 Å². The second kappa shape index (κ2) is 6.52. The third kappa shape index (κ3) is 3.23. The van der Waals surface area contributed by atoms with E-state index in [-0.39, 0.29) is 12.0 Å². The van der Waals surface area contributed by atoms with Crippen LogP contribution in [0, 0.1) is 0 Å². The summed E-state index contributed by atoms with van der Waals surface area (Å²) < 4.78 is 5.33. The van der Waals surface area contributed by atoms with E-state index in [0.717, 1.165) is 38.2 Å². The third-order valence-electron chi connectivity index (χ3n) is 3.48. The van der Waals surface area contributed by atoms with Gasteiger partial charge in [0.1, 0.15) is 0 Å². The second-order valence-electron chi connectivity index (χ2n) is 4.68. The number of ether oxygens (including phenoxy) is 1. The summed E-state index contributed by atoms with van der Waals surface area (Å²) in [4.78, 5) is 18.5. The van der Waals surface area contributed by atoms with Gasteiger partial charge in [-0.15, -0.1) is 0 Å². The molecule has 1 aromatic rings. The van der Waals surface area contributed by atoms with Gasteiger partial charge in [-0.05, 0) is 25.8 Å². The van der Waals surface area contributed by atoms with Gasteiger partial charge in [-0.25, -0.2) is 0 Å². The van der Waals surface area contributed by atoms with Crippen LogP contribution in [0.1, 0.15) is 30.1 Å². The summed E-state index contributed by atoms with van der Waals surface area (Å²) >= 11 is 0. The molecule has 5 heteroatoms. The van der Waals surface area contributed by atoms with Gasteiger partial charge in [-0.2, -0.15) is 0 Å². The fraction of sp³-hybridized carbons (Fsp3) is 0.571. The van der Waals surface area contributed by atoms with Gasteiger partial charge in [0, 0.05) is 32.9 Å². The van der Waals surface area contributed by atoms with Crippen LogP contribution in [-0.2, 0) is 4.74 Å². The molecule has 2 rings (SSSR count). The van der Waals surface area contributed by atoms with E-state index in [1.165, 1.54) is 0 Å². The number of hydrogen-bond acceptors (Lipinski definition) is 4. The van der Waals surface area contributed by atoms with Gasteiger partial charge >= 0.3 is 0 Å². The predicted molar refractivity (Wildman–Crippen MR) is 74.3 cm³/mol. The molecule has 0 atom stereocenters. The molecule has 2 heterocycles. The molecule has 0 spiro atoms. The lowest BCUT2D eigenvalue weighted by Crippen LogP contribution is -2.40. The maximum Gasteiger partial charge on any atom is 0.256 e.